The molecule has 7 nitrogen and oxygen atoms in total. The van der Waals surface area contributed by atoms with Crippen molar-refractivity contribution in [2.24, 2.45) is 4.99 Å². The Morgan fingerprint density at radius 1 is 1.30 bits per heavy atom. The van der Waals surface area contributed by atoms with Crippen molar-refractivity contribution in [3.05, 3.63) is 53.1 Å². The predicted molar refractivity (Wildman–Crippen MR) is 121 cm³/mol. The molecule has 2 N–H and O–H groups in total. The molecule has 2 aromatic carbocycles. The van der Waals surface area contributed by atoms with Gasteiger partial charge in [-0.15, -0.1) is 0 Å². The van der Waals surface area contributed by atoms with Gasteiger partial charge in [-0.25, -0.2) is 4.99 Å². The minimum atomic E-state index is -0.265. The highest BCUT2D eigenvalue weighted by atomic mass is 35.5. The van der Waals surface area contributed by atoms with Gasteiger partial charge >= 0.3 is 0 Å². The third-order valence-corrected chi connectivity index (χ3v) is 4.98. The summed E-state index contributed by atoms with van der Waals surface area (Å²) in [4.78, 5) is 19.4. The van der Waals surface area contributed by atoms with Crippen molar-refractivity contribution in [1.82, 2.24) is 5.32 Å². The lowest BCUT2D eigenvalue weighted by atomic mass is 10.2. The van der Waals surface area contributed by atoms with Gasteiger partial charge in [0.15, 0.2) is 0 Å². The summed E-state index contributed by atoms with van der Waals surface area (Å²) in [6, 6.07) is 12.6. The highest BCUT2D eigenvalue weighted by Crippen LogP contribution is 2.27. The lowest BCUT2D eigenvalue weighted by molar-refractivity contribution is 0.0975. The summed E-state index contributed by atoms with van der Waals surface area (Å²) >= 11 is 6.14. The molecule has 1 heterocycles. The highest BCUT2D eigenvalue weighted by molar-refractivity contribution is 6.31. The number of hydrogen-bond donors (Lipinski definition) is 2. The van der Waals surface area contributed by atoms with E-state index in [4.69, 9.17) is 21.1 Å². The number of methoxy groups -OCH3 is 1. The maximum atomic E-state index is 12.9. The fourth-order valence-electron chi connectivity index (χ4n) is 3.10. The smallest absolute Gasteiger partial charge is 0.258 e. The van der Waals surface area contributed by atoms with Crippen LogP contribution in [0.5, 0.6) is 5.75 Å². The normalized spacial score (nSPS) is 16.3. The molecule has 3 rings (SSSR count). The number of anilines is 2. The Balaban J connectivity index is 1.82. The summed E-state index contributed by atoms with van der Waals surface area (Å²) < 4.78 is 11.0. The average molecular weight is 431 g/mol. The van der Waals surface area contributed by atoms with E-state index in [1.807, 2.05) is 37.2 Å². The van der Waals surface area contributed by atoms with Crippen LogP contribution in [0, 0.1) is 0 Å². The Kier molecular flexibility index (Phi) is 7.54. The maximum absolute atomic E-state index is 12.9. The lowest BCUT2D eigenvalue weighted by Crippen LogP contribution is -2.37. The molecule has 1 fully saturated rings. The number of carbonyl (C=O) groups is 1. The zero-order chi connectivity index (χ0) is 21.5. The number of ether oxygens (including phenoxy) is 2. The van der Waals surface area contributed by atoms with Crippen LogP contribution in [0.25, 0.3) is 0 Å². The molecule has 0 unspecified atom stereocenters. The number of carbonyl (C=O) groups excluding carboxylic acids is 1. The molecule has 1 amide bonds. The first kappa shape index (κ1) is 21.9. The van der Waals surface area contributed by atoms with Gasteiger partial charge in [0.2, 0.25) is 5.96 Å². The van der Waals surface area contributed by atoms with E-state index in [0.29, 0.717) is 34.5 Å². The van der Waals surface area contributed by atoms with Crippen LogP contribution >= 0.6 is 11.6 Å². The van der Waals surface area contributed by atoms with E-state index >= 15 is 0 Å². The number of amides is 1. The van der Waals surface area contributed by atoms with Crippen LogP contribution in [0.3, 0.4) is 0 Å². The minimum Gasteiger partial charge on any atom is -0.495 e. The molecule has 0 aromatic heterocycles. The van der Waals surface area contributed by atoms with E-state index in [2.05, 4.69) is 15.6 Å². The van der Waals surface area contributed by atoms with Crippen LogP contribution in [0.15, 0.2) is 47.5 Å². The number of rotatable bonds is 6. The van der Waals surface area contributed by atoms with Crippen molar-refractivity contribution in [3.8, 4) is 5.75 Å². The van der Waals surface area contributed by atoms with Gasteiger partial charge in [-0.1, -0.05) is 17.7 Å². The number of nitrogens with one attached hydrogen (secondary N) is 2. The first-order chi connectivity index (χ1) is 14.5. The largest absolute Gasteiger partial charge is 0.495 e. The fourth-order valence-corrected chi connectivity index (χ4v) is 3.27. The summed E-state index contributed by atoms with van der Waals surface area (Å²) in [5, 5.41) is 6.56. The number of benzene rings is 2. The van der Waals surface area contributed by atoms with Crippen LogP contribution in [-0.4, -0.2) is 52.3 Å². The Labute approximate surface area is 182 Å². The van der Waals surface area contributed by atoms with Crippen LogP contribution in [0.2, 0.25) is 5.02 Å². The minimum absolute atomic E-state index is 0.0528. The number of guanidine groups is 1. The first-order valence-electron chi connectivity index (χ1n) is 9.81. The summed E-state index contributed by atoms with van der Waals surface area (Å²) in [7, 11) is 5.43. The number of hydrogen-bond acceptors (Lipinski definition) is 5. The summed E-state index contributed by atoms with van der Waals surface area (Å²) in [6.07, 6.45) is 2.03. The second-order valence-corrected chi connectivity index (χ2v) is 7.63. The van der Waals surface area contributed by atoms with E-state index in [9.17, 15) is 4.79 Å². The van der Waals surface area contributed by atoms with Crippen LogP contribution < -0.4 is 20.3 Å². The molecule has 1 atom stereocenters. The van der Waals surface area contributed by atoms with E-state index in [1.54, 1.807) is 31.4 Å². The fraction of sp³-hybridized carbons (Fsp3) is 0.364. The quantitative estimate of drug-likeness (QED) is 0.538. The molecule has 0 saturated carbocycles. The third kappa shape index (κ3) is 5.87. The summed E-state index contributed by atoms with van der Waals surface area (Å²) in [5.41, 5.74) is 2.08. The average Bonchev–Trinajstić information content (AvgIpc) is 3.26. The monoisotopic (exact) mass is 430 g/mol. The molecule has 1 aliphatic rings. The molecule has 0 aliphatic carbocycles. The molecular formula is C22H27ClN4O3. The molecule has 1 saturated heterocycles. The van der Waals surface area contributed by atoms with Gasteiger partial charge in [0.05, 0.1) is 25.4 Å². The number of nitrogens with zero attached hydrogens (tertiary/aromatic N) is 2. The predicted octanol–water partition coefficient (Wildman–Crippen LogP) is 3.79. The molecule has 0 bridgehead atoms. The van der Waals surface area contributed by atoms with Gasteiger partial charge in [0, 0.05) is 37.0 Å². The van der Waals surface area contributed by atoms with Crippen molar-refractivity contribution in [2.75, 3.05) is 44.6 Å². The molecule has 8 heteroatoms. The van der Waals surface area contributed by atoms with E-state index in [-0.39, 0.29) is 12.0 Å². The van der Waals surface area contributed by atoms with Gasteiger partial charge in [0.25, 0.3) is 5.91 Å². The molecule has 160 valence electrons. The van der Waals surface area contributed by atoms with Gasteiger partial charge in [-0.3, -0.25) is 10.1 Å². The van der Waals surface area contributed by atoms with E-state index in [1.165, 1.54) is 0 Å². The third-order valence-electron chi connectivity index (χ3n) is 4.75. The first-order valence-corrected chi connectivity index (χ1v) is 10.2. The maximum Gasteiger partial charge on any atom is 0.258 e. The Hall–Kier alpha value is -2.77. The van der Waals surface area contributed by atoms with Crippen LogP contribution in [0.1, 0.15) is 23.2 Å². The topological polar surface area (TPSA) is 75.2 Å². The zero-order valence-electron chi connectivity index (χ0n) is 17.4. The van der Waals surface area contributed by atoms with E-state index in [0.717, 1.165) is 25.1 Å². The number of aliphatic imine (C=N–C) groups is 1. The van der Waals surface area contributed by atoms with Gasteiger partial charge in [-0.05, 0) is 49.2 Å². The van der Waals surface area contributed by atoms with E-state index < -0.39 is 0 Å². The van der Waals surface area contributed by atoms with Crippen molar-refractivity contribution in [3.63, 3.8) is 0 Å². The Morgan fingerprint density at radius 3 is 2.83 bits per heavy atom. The number of halogens is 1. The Bertz CT molecular complexity index is 911. The van der Waals surface area contributed by atoms with Gasteiger partial charge in [0.1, 0.15) is 5.75 Å². The summed E-state index contributed by atoms with van der Waals surface area (Å²) in [6.45, 7) is 1.19. The SMILES string of the molecule is COc1ccc(Cl)cc1NC(=NC[C@@H]1CCCO1)NC(=O)c1cccc(N(C)C)c1. The van der Waals surface area contributed by atoms with Gasteiger partial charge < -0.3 is 19.7 Å². The molecule has 0 spiro atoms. The molecule has 2 aromatic rings. The molecular weight excluding hydrogens is 404 g/mol. The molecule has 30 heavy (non-hydrogen) atoms. The Morgan fingerprint density at radius 2 is 2.13 bits per heavy atom. The summed E-state index contributed by atoms with van der Waals surface area (Å²) in [5.74, 6) is 0.637. The van der Waals surface area contributed by atoms with Crippen molar-refractivity contribution in [2.45, 2.75) is 18.9 Å². The standard InChI is InChI=1S/C22H27ClN4O3/c1-27(2)17-7-4-6-15(12-17)21(28)26-22(24-14-18-8-5-11-30-18)25-19-13-16(23)9-10-20(19)29-3/h4,6-7,9-10,12-13,18H,5,8,11,14H2,1-3H3,(H2,24,25,26,28)/t18-/m0/s1. The highest BCUT2D eigenvalue weighted by Gasteiger charge is 2.17. The zero-order valence-corrected chi connectivity index (χ0v) is 18.2. The van der Waals surface area contributed by atoms with Crippen LogP contribution in [0.4, 0.5) is 11.4 Å². The molecule has 0 radical (unpaired) electrons. The van der Waals surface area contributed by atoms with Gasteiger partial charge in [-0.2, -0.15) is 0 Å². The van der Waals surface area contributed by atoms with Crippen molar-refractivity contribution < 1.29 is 14.3 Å². The van der Waals surface area contributed by atoms with Crippen molar-refractivity contribution in [1.29, 1.82) is 0 Å². The second kappa shape index (κ2) is 10.3. The van der Waals surface area contributed by atoms with Crippen molar-refractivity contribution >= 4 is 34.8 Å². The lowest BCUT2D eigenvalue weighted by Gasteiger charge is -2.17. The van der Waals surface area contributed by atoms with Crippen LogP contribution in [-0.2, 0) is 4.74 Å². The molecule has 1 aliphatic heterocycles. The second-order valence-electron chi connectivity index (χ2n) is 7.19.